The molecule has 0 saturated heterocycles. The lowest BCUT2D eigenvalue weighted by molar-refractivity contribution is 0.0344. The van der Waals surface area contributed by atoms with Crippen LogP contribution in [0.3, 0.4) is 0 Å². The minimum Gasteiger partial charge on any atom is -0.388 e. The van der Waals surface area contributed by atoms with Crippen LogP contribution in [0.2, 0.25) is 0 Å². The first-order chi connectivity index (χ1) is 5.20. The normalized spacial score (nSPS) is 15.0. The lowest BCUT2D eigenvalue weighted by Crippen LogP contribution is -2.22. The molecule has 4 nitrogen and oxygen atoms in total. The van der Waals surface area contributed by atoms with Crippen LogP contribution in [-0.4, -0.2) is 39.3 Å². The van der Waals surface area contributed by atoms with Gasteiger partial charge in [-0.05, 0) is 6.92 Å². The Bertz CT molecular complexity index is 122. The molecule has 11 heavy (non-hydrogen) atoms. The van der Waals surface area contributed by atoms with Crippen LogP contribution in [0.15, 0.2) is 4.99 Å². The van der Waals surface area contributed by atoms with E-state index >= 15 is 0 Å². The molecule has 0 aromatic carbocycles. The third-order valence-electron chi connectivity index (χ3n) is 1.23. The maximum absolute atomic E-state index is 5.35. The molecule has 0 aromatic rings. The highest BCUT2D eigenvalue weighted by molar-refractivity contribution is 5.77. The molecule has 0 radical (unpaired) electrons. The number of nitrogens with two attached hydrogens (primary N) is 1. The second kappa shape index (κ2) is 6.12. The Kier molecular flexibility index (Phi) is 5.78. The van der Waals surface area contributed by atoms with Gasteiger partial charge in [-0.3, -0.25) is 4.99 Å². The van der Waals surface area contributed by atoms with Gasteiger partial charge in [0.05, 0.1) is 25.1 Å². The quantitative estimate of drug-likeness (QED) is 0.456. The summed E-state index contributed by atoms with van der Waals surface area (Å²) in [6.07, 6.45) is 0.0125. The number of ether oxygens (including phenoxy) is 2. The predicted octanol–water partition coefficient (Wildman–Crippen LogP) is 0.0249. The van der Waals surface area contributed by atoms with Crippen molar-refractivity contribution >= 4 is 5.84 Å². The van der Waals surface area contributed by atoms with Crippen LogP contribution in [0.1, 0.15) is 6.92 Å². The predicted molar refractivity (Wildman–Crippen MR) is 44.8 cm³/mol. The molecule has 0 rings (SSSR count). The molecule has 66 valence electrons. The van der Waals surface area contributed by atoms with Crippen molar-refractivity contribution in [1.29, 1.82) is 0 Å². The van der Waals surface area contributed by atoms with E-state index in [9.17, 15) is 0 Å². The second-order valence-electron chi connectivity index (χ2n) is 2.30. The van der Waals surface area contributed by atoms with Gasteiger partial charge in [0, 0.05) is 14.2 Å². The van der Waals surface area contributed by atoms with Crippen molar-refractivity contribution in [3.8, 4) is 0 Å². The number of nitrogens with zero attached hydrogens (tertiary/aromatic N) is 1. The van der Waals surface area contributed by atoms with Crippen molar-refractivity contribution in [3.05, 3.63) is 0 Å². The molecular formula is C7H16N2O2. The topological polar surface area (TPSA) is 56.8 Å². The minimum atomic E-state index is 0.0125. The summed E-state index contributed by atoms with van der Waals surface area (Å²) in [5, 5.41) is 0. The Labute approximate surface area is 67.4 Å². The molecule has 0 aliphatic rings. The lowest BCUT2D eigenvalue weighted by Gasteiger charge is -2.10. The number of hydrogen-bond acceptors (Lipinski definition) is 3. The highest BCUT2D eigenvalue weighted by atomic mass is 16.5. The smallest absolute Gasteiger partial charge is 0.0999 e. The molecule has 0 bridgehead atoms. The Balaban J connectivity index is 3.60. The first-order valence-electron chi connectivity index (χ1n) is 3.49. The van der Waals surface area contributed by atoms with Crippen LogP contribution in [-0.2, 0) is 9.47 Å². The zero-order chi connectivity index (χ0) is 8.69. The van der Waals surface area contributed by atoms with E-state index in [4.69, 9.17) is 15.2 Å². The van der Waals surface area contributed by atoms with Crippen LogP contribution >= 0.6 is 0 Å². The second-order valence-corrected chi connectivity index (χ2v) is 2.30. The van der Waals surface area contributed by atoms with Gasteiger partial charge in [0.15, 0.2) is 0 Å². The first-order valence-corrected chi connectivity index (χ1v) is 3.49. The number of methoxy groups -OCH3 is 2. The summed E-state index contributed by atoms with van der Waals surface area (Å²) >= 11 is 0. The van der Waals surface area contributed by atoms with E-state index in [-0.39, 0.29) is 6.10 Å². The van der Waals surface area contributed by atoms with E-state index < -0.39 is 0 Å². The molecule has 0 amide bonds. The molecular weight excluding hydrogens is 144 g/mol. The minimum absolute atomic E-state index is 0.0125. The van der Waals surface area contributed by atoms with Gasteiger partial charge in [0.2, 0.25) is 0 Å². The number of rotatable bonds is 5. The lowest BCUT2D eigenvalue weighted by atomic mass is 10.4. The van der Waals surface area contributed by atoms with E-state index in [1.807, 2.05) is 0 Å². The van der Waals surface area contributed by atoms with Gasteiger partial charge in [-0.15, -0.1) is 0 Å². The zero-order valence-electron chi connectivity index (χ0n) is 7.33. The summed E-state index contributed by atoms with van der Waals surface area (Å²) in [6, 6.07) is 0. The molecule has 0 aliphatic heterocycles. The van der Waals surface area contributed by atoms with Gasteiger partial charge >= 0.3 is 0 Å². The summed E-state index contributed by atoms with van der Waals surface area (Å²) in [4.78, 5) is 4.00. The molecule has 0 aromatic heterocycles. The van der Waals surface area contributed by atoms with Crippen LogP contribution in [0, 0.1) is 0 Å². The van der Waals surface area contributed by atoms with E-state index in [0.29, 0.717) is 19.0 Å². The SMILES string of the molecule is COCC(CN=C(C)N)OC. The van der Waals surface area contributed by atoms with Gasteiger partial charge in [0.1, 0.15) is 0 Å². The van der Waals surface area contributed by atoms with E-state index in [1.54, 1.807) is 21.1 Å². The van der Waals surface area contributed by atoms with Crippen LogP contribution < -0.4 is 5.73 Å². The molecule has 0 aliphatic carbocycles. The highest BCUT2D eigenvalue weighted by Gasteiger charge is 2.04. The van der Waals surface area contributed by atoms with Crippen LogP contribution in [0.4, 0.5) is 0 Å². The third-order valence-corrected chi connectivity index (χ3v) is 1.23. The molecule has 2 N–H and O–H groups in total. The van der Waals surface area contributed by atoms with Crippen molar-refractivity contribution in [1.82, 2.24) is 0 Å². The van der Waals surface area contributed by atoms with E-state index in [2.05, 4.69) is 4.99 Å². The van der Waals surface area contributed by atoms with E-state index in [0.717, 1.165) is 0 Å². The van der Waals surface area contributed by atoms with Crippen molar-refractivity contribution in [3.63, 3.8) is 0 Å². The van der Waals surface area contributed by atoms with Gasteiger partial charge in [-0.2, -0.15) is 0 Å². The van der Waals surface area contributed by atoms with Gasteiger partial charge < -0.3 is 15.2 Å². The van der Waals surface area contributed by atoms with Gasteiger partial charge in [-0.1, -0.05) is 0 Å². The third kappa shape index (κ3) is 5.82. The zero-order valence-corrected chi connectivity index (χ0v) is 7.33. The molecule has 0 spiro atoms. The van der Waals surface area contributed by atoms with Gasteiger partial charge in [0.25, 0.3) is 0 Å². The molecule has 1 unspecified atom stereocenters. The van der Waals surface area contributed by atoms with Crippen LogP contribution in [0.5, 0.6) is 0 Å². The Morgan fingerprint density at radius 1 is 1.55 bits per heavy atom. The fourth-order valence-corrected chi connectivity index (χ4v) is 0.627. The molecule has 4 heteroatoms. The fourth-order valence-electron chi connectivity index (χ4n) is 0.627. The van der Waals surface area contributed by atoms with Crippen molar-refractivity contribution in [2.24, 2.45) is 10.7 Å². The standard InChI is InChI=1S/C7H16N2O2/c1-6(8)9-4-7(11-3)5-10-2/h7H,4-5H2,1-3H3,(H2,8,9). The first kappa shape index (κ1) is 10.4. The molecule has 0 heterocycles. The Hall–Kier alpha value is -0.610. The maximum atomic E-state index is 5.35. The Morgan fingerprint density at radius 2 is 2.18 bits per heavy atom. The fraction of sp³-hybridized carbons (Fsp3) is 0.857. The number of amidine groups is 1. The van der Waals surface area contributed by atoms with Crippen molar-refractivity contribution < 1.29 is 9.47 Å². The summed E-state index contributed by atoms with van der Waals surface area (Å²) in [5.41, 5.74) is 5.35. The van der Waals surface area contributed by atoms with Crippen molar-refractivity contribution in [2.75, 3.05) is 27.4 Å². The largest absolute Gasteiger partial charge is 0.388 e. The van der Waals surface area contributed by atoms with Gasteiger partial charge in [-0.25, -0.2) is 0 Å². The van der Waals surface area contributed by atoms with Crippen molar-refractivity contribution in [2.45, 2.75) is 13.0 Å². The number of aliphatic imine (C=N–C) groups is 1. The molecule has 0 fully saturated rings. The molecule has 1 atom stereocenters. The summed E-state index contributed by atoms with van der Waals surface area (Å²) in [7, 11) is 3.26. The van der Waals surface area contributed by atoms with Crippen LogP contribution in [0.25, 0.3) is 0 Å². The summed E-state index contributed by atoms with van der Waals surface area (Å²) < 4.78 is 9.95. The highest BCUT2D eigenvalue weighted by Crippen LogP contribution is 1.91. The van der Waals surface area contributed by atoms with E-state index in [1.165, 1.54) is 0 Å². The summed E-state index contributed by atoms with van der Waals surface area (Å²) in [5.74, 6) is 0.572. The molecule has 0 saturated carbocycles. The Morgan fingerprint density at radius 3 is 2.55 bits per heavy atom. The summed E-state index contributed by atoms with van der Waals surface area (Å²) in [6.45, 7) is 2.86. The average Bonchev–Trinajstić information content (AvgIpc) is 1.97. The average molecular weight is 160 g/mol. The maximum Gasteiger partial charge on any atom is 0.0999 e. The number of hydrogen-bond donors (Lipinski definition) is 1. The monoisotopic (exact) mass is 160 g/mol.